The molecular formula is C17H18N4O2. The van der Waals surface area contributed by atoms with E-state index in [2.05, 4.69) is 15.4 Å². The van der Waals surface area contributed by atoms with Crippen LogP contribution in [0.5, 0.6) is 0 Å². The number of nitrogens with one attached hydrogen (secondary N) is 1. The zero-order chi connectivity index (χ0) is 16.2. The summed E-state index contributed by atoms with van der Waals surface area (Å²) in [6, 6.07) is 9.55. The summed E-state index contributed by atoms with van der Waals surface area (Å²) in [5.74, 6) is 0.264. The molecular weight excluding hydrogens is 292 g/mol. The maximum Gasteiger partial charge on any atom is 0.338 e. The number of nitrogens with zero attached hydrogens (tertiary/aromatic N) is 3. The van der Waals surface area contributed by atoms with E-state index >= 15 is 0 Å². The molecule has 0 amide bonds. The summed E-state index contributed by atoms with van der Waals surface area (Å²) in [6.07, 6.45) is 5.37. The number of ether oxygens (including phenoxy) is 1. The number of benzene rings is 1. The predicted octanol–water partition coefficient (Wildman–Crippen LogP) is 2.80. The van der Waals surface area contributed by atoms with Gasteiger partial charge >= 0.3 is 5.97 Å². The van der Waals surface area contributed by atoms with Crippen molar-refractivity contribution in [1.29, 1.82) is 0 Å². The molecule has 118 valence electrons. The molecule has 2 aromatic rings. The zero-order valence-electron chi connectivity index (χ0n) is 13.1. The zero-order valence-corrected chi connectivity index (χ0v) is 13.1. The summed E-state index contributed by atoms with van der Waals surface area (Å²) < 4.78 is 6.87. The molecule has 1 N–H and O–H groups in total. The molecule has 2 heterocycles. The number of hydrogen-bond acceptors (Lipinski definition) is 5. The quantitative estimate of drug-likeness (QED) is 0.879. The van der Waals surface area contributed by atoms with Gasteiger partial charge in [0.05, 0.1) is 12.2 Å². The lowest BCUT2D eigenvalue weighted by molar-refractivity contribution is -0.139. The van der Waals surface area contributed by atoms with Crippen LogP contribution in [0, 0.1) is 0 Å². The summed E-state index contributed by atoms with van der Waals surface area (Å²) in [5, 5.41) is 7.32. The van der Waals surface area contributed by atoms with Crippen LogP contribution in [0.4, 0.5) is 5.95 Å². The third-order valence-corrected chi connectivity index (χ3v) is 3.60. The Kier molecular flexibility index (Phi) is 4.23. The second kappa shape index (κ2) is 6.48. The van der Waals surface area contributed by atoms with Crippen molar-refractivity contribution in [1.82, 2.24) is 14.8 Å². The molecule has 6 nitrogen and oxygen atoms in total. The van der Waals surface area contributed by atoms with Crippen LogP contribution in [0.25, 0.3) is 6.08 Å². The number of carbonyl (C=O) groups is 1. The molecule has 0 bridgehead atoms. The van der Waals surface area contributed by atoms with E-state index in [0.717, 1.165) is 11.3 Å². The Hall–Kier alpha value is -2.89. The van der Waals surface area contributed by atoms with Crippen molar-refractivity contribution in [2.75, 3.05) is 11.9 Å². The normalized spacial score (nSPS) is 17.0. The number of hydrogen-bond donors (Lipinski definition) is 1. The van der Waals surface area contributed by atoms with Crippen molar-refractivity contribution in [3.63, 3.8) is 0 Å². The topological polar surface area (TPSA) is 69.0 Å². The lowest BCUT2D eigenvalue weighted by Gasteiger charge is -2.25. The van der Waals surface area contributed by atoms with Gasteiger partial charge in [0.1, 0.15) is 12.4 Å². The number of allylic oxidation sites excluding steroid dienone is 2. The number of esters is 1. The van der Waals surface area contributed by atoms with Crippen LogP contribution in [-0.2, 0) is 9.53 Å². The van der Waals surface area contributed by atoms with E-state index < -0.39 is 0 Å². The van der Waals surface area contributed by atoms with Gasteiger partial charge in [-0.1, -0.05) is 42.5 Å². The summed E-state index contributed by atoms with van der Waals surface area (Å²) in [7, 11) is 0. The largest absolute Gasteiger partial charge is 0.463 e. The van der Waals surface area contributed by atoms with Crippen molar-refractivity contribution in [3.05, 3.63) is 59.6 Å². The Morgan fingerprint density at radius 2 is 2.17 bits per heavy atom. The molecule has 6 heteroatoms. The van der Waals surface area contributed by atoms with Crippen LogP contribution in [0.3, 0.4) is 0 Å². The first-order chi connectivity index (χ1) is 11.2. The van der Waals surface area contributed by atoms with Crippen molar-refractivity contribution < 1.29 is 9.53 Å². The molecule has 1 aliphatic heterocycles. The third-order valence-electron chi connectivity index (χ3n) is 3.60. The summed E-state index contributed by atoms with van der Waals surface area (Å²) in [5.41, 5.74) is 2.32. The van der Waals surface area contributed by atoms with E-state index in [1.807, 2.05) is 49.4 Å². The monoisotopic (exact) mass is 310 g/mol. The summed E-state index contributed by atoms with van der Waals surface area (Å²) >= 11 is 0. The molecule has 0 fully saturated rings. The van der Waals surface area contributed by atoms with Crippen LogP contribution in [0.15, 0.2) is 54.0 Å². The van der Waals surface area contributed by atoms with Gasteiger partial charge in [0.25, 0.3) is 0 Å². The van der Waals surface area contributed by atoms with Gasteiger partial charge in [0.15, 0.2) is 0 Å². The summed E-state index contributed by atoms with van der Waals surface area (Å²) in [6.45, 7) is 3.96. The van der Waals surface area contributed by atoms with Crippen LogP contribution >= 0.6 is 0 Å². The average molecular weight is 310 g/mol. The summed E-state index contributed by atoms with van der Waals surface area (Å²) in [4.78, 5) is 16.5. The molecule has 0 saturated heterocycles. The fourth-order valence-corrected chi connectivity index (χ4v) is 2.55. The molecule has 1 aromatic carbocycles. The van der Waals surface area contributed by atoms with Gasteiger partial charge in [-0.3, -0.25) is 0 Å². The van der Waals surface area contributed by atoms with E-state index in [0.29, 0.717) is 18.1 Å². The fraction of sp³-hybridized carbons (Fsp3) is 0.235. The van der Waals surface area contributed by atoms with Gasteiger partial charge in [-0.25, -0.2) is 9.48 Å². The van der Waals surface area contributed by atoms with E-state index in [4.69, 9.17) is 4.74 Å². The van der Waals surface area contributed by atoms with Crippen molar-refractivity contribution in [2.45, 2.75) is 19.9 Å². The van der Waals surface area contributed by atoms with E-state index in [9.17, 15) is 4.79 Å². The standard InChI is InChI=1S/C17H18N4O2/c1-3-23-16(22)15-12(2)20-17-18-11-19-21(17)14(15)10-9-13-7-5-4-6-8-13/h4-11,14H,3H2,1-2H3,(H,18,19,20)/b10-9+/t14-/m0/s1. The van der Waals surface area contributed by atoms with Gasteiger partial charge in [0, 0.05) is 5.70 Å². The first-order valence-electron chi connectivity index (χ1n) is 7.48. The van der Waals surface area contributed by atoms with Gasteiger partial charge in [0.2, 0.25) is 5.95 Å². The second-order valence-corrected chi connectivity index (χ2v) is 5.13. The van der Waals surface area contributed by atoms with Crippen LogP contribution < -0.4 is 5.32 Å². The van der Waals surface area contributed by atoms with Crippen molar-refractivity contribution >= 4 is 18.0 Å². The first kappa shape index (κ1) is 15.0. The number of carbonyl (C=O) groups excluding carboxylic acids is 1. The molecule has 1 atom stereocenters. The smallest absolute Gasteiger partial charge is 0.338 e. The molecule has 0 radical (unpaired) electrons. The Morgan fingerprint density at radius 1 is 1.39 bits per heavy atom. The first-order valence-corrected chi connectivity index (χ1v) is 7.48. The second-order valence-electron chi connectivity index (χ2n) is 5.13. The minimum absolute atomic E-state index is 0.328. The molecule has 23 heavy (non-hydrogen) atoms. The fourth-order valence-electron chi connectivity index (χ4n) is 2.55. The average Bonchev–Trinajstić information content (AvgIpc) is 3.01. The minimum atomic E-state index is -0.354. The molecule has 3 rings (SSSR count). The highest BCUT2D eigenvalue weighted by atomic mass is 16.5. The lowest BCUT2D eigenvalue weighted by Crippen LogP contribution is -2.27. The van der Waals surface area contributed by atoms with Crippen LogP contribution in [0.1, 0.15) is 25.5 Å². The Morgan fingerprint density at radius 3 is 2.91 bits per heavy atom. The van der Waals surface area contributed by atoms with Crippen molar-refractivity contribution in [3.8, 4) is 0 Å². The number of rotatable bonds is 4. The Bertz CT molecular complexity index is 762. The highest BCUT2D eigenvalue weighted by molar-refractivity contribution is 5.92. The van der Waals surface area contributed by atoms with Gasteiger partial charge in [-0.05, 0) is 19.4 Å². The van der Waals surface area contributed by atoms with Crippen molar-refractivity contribution in [2.24, 2.45) is 0 Å². The van der Waals surface area contributed by atoms with Gasteiger partial charge in [-0.2, -0.15) is 10.1 Å². The SMILES string of the molecule is CCOC(=O)C1=C(C)Nc2ncnn2[C@H]1/C=C/c1ccccc1. The van der Waals surface area contributed by atoms with Crippen LogP contribution in [-0.4, -0.2) is 27.3 Å². The van der Waals surface area contributed by atoms with E-state index in [1.54, 1.807) is 11.6 Å². The van der Waals surface area contributed by atoms with Crippen LogP contribution in [0.2, 0.25) is 0 Å². The minimum Gasteiger partial charge on any atom is -0.463 e. The molecule has 0 aliphatic carbocycles. The van der Waals surface area contributed by atoms with Gasteiger partial charge in [-0.15, -0.1) is 0 Å². The van der Waals surface area contributed by atoms with E-state index in [-0.39, 0.29) is 12.0 Å². The predicted molar refractivity (Wildman–Crippen MR) is 87.5 cm³/mol. The highest BCUT2D eigenvalue weighted by Gasteiger charge is 2.31. The molecule has 0 spiro atoms. The third kappa shape index (κ3) is 3.01. The maximum absolute atomic E-state index is 12.3. The number of anilines is 1. The molecule has 1 aromatic heterocycles. The molecule has 0 unspecified atom stereocenters. The van der Waals surface area contributed by atoms with Gasteiger partial charge < -0.3 is 10.1 Å². The Balaban J connectivity index is 1.99. The highest BCUT2D eigenvalue weighted by Crippen LogP contribution is 2.31. The lowest BCUT2D eigenvalue weighted by atomic mass is 10.0. The number of fused-ring (bicyclic) bond motifs is 1. The molecule has 1 aliphatic rings. The maximum atomic E-state index is 12.3. The number of aromatic nitrogens is 3. The molecule has 0 saturated carbocycles. The van der Waals surface area contributed by atoms with E-state index in [1.165, 1.54) is 6.33 Å². The Labute approximate surface area is 134 Å².